The number of methoxy groups -OCH3 is 1. The lowest BCUT2D eigenvalue weighted by atomic mass is 9.87. The average molecular weight is 343 g/mol. The van der Waals surface area contributed by atoms with Gasteiger partial charge in [-0.3, -0.25) is 11.3 Å². The molecule has 3 N–H and O–H groups in total. The van der Waals surface area contributed by atoms with Gasteiger partial charge in [0.25, 0.3) is 0 Å². The second kappa shape index (κ2) is 9.37. The van der Waals surface area contributed by atoms with E-state index in [1.807, 2.05) is 12.1 Å². The molecule has 1 rings (SSSR count). The Hall–Kier alpha value is -0.580. The maximum Gasteiger partial charge on any atom is 0.122 e. The van der Waals surface area contributed by atoms with E-state index in [4.69, 9.17) is 10.6 Å². The quantitative estimate of drug-likeness (QED) is 0.525. The summed E-state index contributed by atoms with van der Waals surface area (Å²) in [6.45, 7) is 4.46. The van der Waals surface area contributed by atoms with Crippen molar-refractivity contribution in [3.63, 3.8) is 0 Å². The van der Waals surface area contributed by atoms with Crippen LogP contribution in [0, 0.1) is 5.92 Å². The van der Waals surface area contributed by atoms with Gasteiger partial charge in [-0.2, -0.15) is 0 Å². The minimum absolute atomic E-state index is 0.290. The molecule has 0 bridgehead atoms. The van der Waals surface area contributed by atoms with Gasteiger partial charge in [0.15, 0.2) is 0 Å². The van der Waals surface area contributed by atoms with E-state index in [0.717, 1.165) is 16.6 Å². The molecule has 114 valence electrons. The number of rotatable bonds is 9. The lowest BCUT2D eigenvalue weighted by Gasteiger charge is -2.27. The lowest BCUT2D eigenvalue weighted by molar-refractivity contribution is 0.308. The van der Waals surface area contributed by atoms with Crippen molar-refractivity contribution >= 4 is 15.9 Å². The summed E-state index contributed by atoms with van der Waals surface area (Å²) in [5, 5.41) is 0. The van der Waals surface area contributed by atoms with Gasteiger partial charge in [-0.25, -0.2) is 0 Å². The molecular weight excluding hydrogens is 316 g/mol. The molecule has 1 aromatic carbocycles. The van der Waals surface area contributed by atoms with Crippen LogP contribution in [-0.2, 0) is 6.42 Å². The number of benzene rings is 1. The normalized spacial score (nSPS) is 12.7. The van der Waals surface area contributed by atoms with Crippen molar-refractivity contribution < 1.29 is 4.74 Å². The highest BCUT2D eigenvalue weighted by Crippen LogP contribution is 2.27. The van der Waals surface area contributed by atoms with Gasteiger partial charge < -0.3 is 4.74 Å². The van der Waals surface area contributed by atoms with E-state index in [1.165, 1.54) is 31.2 Å². The summed E-state index contributed by atoms with van der Waals surface area (Å²) in [7, 11) is 1.72. The highest BCUT2D eigenvalue weighted by Gasteiger charge is 2.21. The van der Waals surface area contributed by atoms with Crippen LogP contribution in [0.1, 0.15) is 45.1 Å². The first kappa shape index (κ1) is 17.5. The van der Waals surface area contributed by atoms with Crippen LogP contribution in [0.2, 0.25) is 0 Å². The zero-order valence-electron chi connectivity index (χ0n) is 12.8. The van der Waals surface area contributed by atoms with Crippen LogP contribution in [0.4, 0.5) is 0 Å². The summed E-state index contributed by atoms with van der Waals surface area (Å²) in [6, 6.07) is 6.42. The third-order valence-electron chi connectivity index (χ3n) is 3.78. The van der Waals surface area contributed by atoms with Crippen molar-refractivity contribution in [2.45, 2.75) is 52.0 Å². The van der Waals surface area contributed by atoms with E-state index in [0.29, 0.717) is 5.92 Å². The molecule has 1 unspecified atom stereocenters. The predicted molar refractivity (Wildman–Crippen MR) is 88.8 cm³/mol. The molecule has 0 spiro atoms. The number of ether oxygens (including phenoxy) is 1. The highest BCUT2D eigenvalue weighted by atomic mass is 79.9. The molecule has 1 atom stereocenters. The second-order valence-electron chi connectivity index (χ2n) is 5.27. The fourth-order valence-electron chi connectivity index (χ4n) is 2.79. The van der Waals surface area contributed by atoms with Crippen molar-refractivity contribution in [2.75, 3.05) is 7.11 Å². The largest absolute Gasteiger partial charge is 0.496 e. The zero-order valence-corrected chi connectivity index (χ0v) is 14.4. The zero-order chi connectivity index (χ0) is 15.0. The summed E-state index contributed by atoms with van der Waals surface area (Å²) in [5.74, 6) is 7.35. The number of nitrogens with two attached hydrogens (primary N) is 1. The second-order valence-corrected chi connectivity index (χ2v) is 6.19. The van der Waals surface area contributed by atoms with Gasteiger partial charge in [0, 0.05) is 10.5 Å². The number of hydrogen-bond donors (Lipinski definition) is 2. The molecule has 4 heteroatoms. The van der Waals surface area contributed by atoms with Crippen molar-refractivity contribution in [2.24, 2.45) is 11.8 Å². The molecule has 0 amide bonds. The minimum Gasteiger partial charge on any atom is -0.496 e. The van der Waals surface area contributed by atoms with Gasteiger partial charge >= 0.3 is 0 Å². The van der Waals surface area contributed by atoms with Crippen LogP contribution in [0.5, 0.6) is 5.75 Å². The molecule has 3 nitrogen and oxygen atoms in total. The van der Waals surface area contributed by atoms with Gasteiger partial charge in [-0.15, -0.1) is 0 Å². The monoisotopic (exact) mass is 342 g/mol. The number of hydrazine groups is 1. The van der Waals surface area contributed by atoms with E-state index in [1.54, 1.807) is 7.11 Å². The summed E-state index contributed by atoms with van der Waals surface area (Å²) < 4.78 is 6.53. The highest BCUT2D eigenvalue weighted by molar-refractivity contribution is 9.10. The Kier molecular flexibility index (Phi) is 8.19. The van der Waals surface area contributed by atoms with Gasteiger partial charge in [0.05, 0.1) is 7.11 Å². The molecule has 1 aromatic rings. The van der Waals surface area contributed by atoms with E-state index in [-0.39, 0.29) is 6.04 Å². The van der Waals surface area contributed by atoms with Crippen LogP contribution in [0.3, 0.4) is 0 Å². The molecule has 0 aliphatic rings. The SMILES string of the molecule is CCCC(CCC)C(Cc1cc(Br)ccc1OC)NN. The molecule has 0 radical (unpaired) electrons. The van der Waals surface area contributed by atoms with Crippen molar-refractivity contribution in [3.8, 4) is 5.75 Å². The predicted octanol–water partition coefficient (Wildman–Crippen LogP) is 4.05. The Morgan fingerprint density at radius 3 is 2.40 bits per heavy atom. The Labute approximate surface area is 131 Å². The van der Waals surface area contributed by atoms with Gasteiger partial charge in [-0.05, 0) is 48.9 Å². The molecule has 0 saturated heterocycles. The van der Waals surface area contributed by atoms with Gasteiger partial charge in [-0.1, -0.05) is 42.6 Å². The van der Waals surface area contributed by atoms with E-state index in [2.05, 4.69) is 41.3 Å². The molecule has 0 heterocycles. The fourth-order valence-corrected chi connectivity index (χ4v) is 3.20. The maximum absolute atomic E-state index is 5.81. The summed E-state index contributed by atoms with van der Waals surface area (Å²) in [6.07, 6.45) is 5.69. The Morgan fingerprint density at radius 1 is 1.25 bits per heavy atom. The van der Waals surface area contributed by atoms with Crippen LogP contribution in [0.25, 0.3) is 0 Å². The summed E-state index contributed by atoms with van der Waals surface area (Å²) in [5.41, 5.74) is 4.22. The summed E-state index contributed by atoms with van der Waals surface area (Å²) in [4.78, 5) is 0. The Bertz CT molecular complexity index is 392. The van der Waals surface area contributed by atoms with Gasteiger partial charge in [0.2, 0.25) is 0 Å². The molecule has 0 aromatic heterocycles. The molecular formula is C16H27BrN2O. The minimum atomic E-state index is 0.290. The topological polar surface area (TPSA) is 47.3 Å². The van der Waals surface area contributed by atoms with E-state index in [9.17, 15) is 0 Å². The molecule has 20 heavy (non-hydrogen) atoms. The standard InChI is InChI=1S/C16H27BrN2O/c1-4-6-12(7-5-2)15(19-18)11-13-10-14(17)8-9-16(13)20-3/h8-10,12,15,19H,4-7,11,18H2,1-3H3. The van der Waals surface area contributed by atoms with Crippen LogP contribution in [0.15, 0.2) is 22.7 Å². The third-order valence-corrected chi connectivity index (χ3v) is 4.28. The van der Waals surface area contributed by atoms with Gasteiger partial charge in [0.1, 0.15) is 5.75 Å². The van der Waals surface area contributed by atoms with Crippen LogP contribution >= 0.6 is 15.9 Å². The first-order valence-electron chi connectivity index (χ1n) is 7.44. The number of nitrogens with one attached hydrogen (secondary N) is 1. The Morgan fingerprint density at radius 2 is 1.90 bits per heavy atom. The third kappa shape index (κ3) is 5.08. The van der Waals surface area contributed by atoms with Crippen molar-refractivity contribution in [1.29, 1.82) is 0 Å². The molecule has 0 aliphatic carbocycles. The molecule has 0 aliphatic heterocycles. The smallest absolute Gasteiger partial charge is 0.122 e. The van der Waals surface area contributed by atoms with E-state index >= 15 is 0 Å². The number of hydrogen-bond acceptors (Lipinski definition) is 3. The fraction of sp³-hybridized carbons (Fsp3) is 0.625. The molecule has 0 saturated carbocycles. The van der Waals surface area contributed by atoms with Crippen molar-refractivity contribution in [1.82, 2.24) is 5.43 Å². The molecule has 0 fully saturated rings. The Balaban J connectivity index is 2.88. The maximum atomic E-state index is 5.81. The average Bonchev–Trinajstić information content (AvgIpc) is 2.45. The number of halogens is 1. The first-order chi connectivity index (χ1) is 9.65. The summed E-state index contributed by atoms with van der Waals surface area (Å²) >= 11 is 3.53. The first-order valence-corrected chi connectivity index (χ1v) is 8.24. The van der Waals surface area contributed by atoms with Crippen LogP contribution in [-0.4, -0.2) is 13.2 Å². The van der Waals surface area contributed by atoms with E-state index < -0.39 is 0 Å². The lowest BCUT2D eigenvalue weighted by Crippen LogP contribution is -2.42. The van der Waals surface area contributed by atoms with Crippen LogP contribution < -0.4 is 16.0 Å². The van der Waals surface area contributed by atoms with Crippen molar-refractivity contribution in [3.05, 3.63) is 28.2 Å².